The number of ether oxygens (including phenoxy) is 2. The highest BCUT2D eigenvalue weighted by Gasteiger charge is 2.34. The molecule has 0 radical (unpaired) electrons. The number of hydrogen-bond acceptors (Lipinski definition) is 5. The quantitative estimate of drug-likeness (QED) is 0.858. The molecule has 4 rings (SSSR count). The lowest BCUT2D eigenvalue weighted by Crippen LogP contribution is -2.44. The van der Waals surface area contributed by atoms with Crippen LogP contribution in [0.5, 0.6) is 11.7 Å². The minimum Gasteiger partial charge on any atom is -0.426 e. The second-order valence-electron chi connectivity index (χ2n) is 6.74. The Morgan fingerprint density at radius 1 is 1.08 bits per heavy atom. The number of likely N-dealkylation sites (N-methyl/N-ethyl adjacent to an activating group) is 1. The third kappa shape index (κ3) is 3.55. The Morgan fingerprint density at radius 3 is 2.76 bits per heavy atom. The monoisotopic (exact) mass is 342 g/mol. The number of fused-ring (bicyclic) bond motifs is 3. The number of carbonyl (C=O) groups excluding carboxylic acids is 1. The van der Waals surface area contributed by atoms with E-state index in [9.17, 15) is 4.79 Å². The highest BCUT2D eigenvalue weighted by molar-refractivity contribution is 5.91. The van der Waals surface area contributed by atoms with Crippen LogP contribution in [0, 0.1) is 5.92 Å². The standard InChI is InChI=1S/C19H22N2O4/c1-20-9-14-10-21(11-15(20)13-23-12-14)19(22)17-7-8-18(25-17)24-16-5-3-2-4-6-16/h2-8,14-15H,9-13H2,1H3/t14-,15+/m1/s1. The highest BCUT2D eigenvalue weighted by Crippen LogP contribution is 2.25. The van der Waals surface area contributed by atoms with E-state index in [1.807, 2.05) is 35.2 Å². The van der Waals surface area contributed by atoms with Gasteiger partial charge in [-0.25, -0.2) is 0 Å². The van der Waals surface area contributed by atoms with Crippen LogP contribution >= 0.6 is 0 Å². The second-order valence-corrected chi connectivity index (χ2v) is 6.74. The Labute approximate surface area is 146 Å². The third-order valence-corrected chi connectivity index (χ3v) is 4.78. The molecule has 0 aliphatic carbocycles. The minimum absolute atomic E-state index is 0.0879. The lowest BCUT2D eigenvalue weighted by Gasteiger charge is -2.29. The van der Waals surface area contributed by atoms with Crippen LogP contribution in [0.4, 0.5) is 0 Å². The van der Waals surface area contributed by atoms with Crippen molar-refractivity contribution in [1.82, 2.24) is 9.80 Å². The van der Waals surface area contributed by atoms with E-state index >= 15 is 0 Å². The number of nitrogens with zero attached hydrogens (tertiary/aromatic N) is 2. The molecule has 6 nitrogen and oxygen atoms in total. The predicted molar refractivity (Wildman–Crippen MR) is 91.9 cm³/mol. The molecular formula is C19H22N2O4. The molecule has 2 bridgehead atoms. The van der Waals surface area contributed by atoms with E-state index in [0.717, 1.165) is 6.54 Å². The van der Waals surface area contributed by atoms with Gasteiger partial charge in [-0.15, -0.1) is 0 Å². The molecule has 2 saturated heterocycles. The molecule has 2 fully saturated rings. The maximum absolute atomic E-state index is 12.9. The molecule has 2 aliphatic heterocycles. The van der Waals surface area contributed by atoms with Crippen molar-refractivity contribution >= 4 is 5.91 Å². The highest BCUT2D eigenvalue weighted by atomic mass is 16.6. The van der Waals surface area contributed by atoms with Crippen LogP contribution in [0.1, 0.15) is 10.6 Å². The molecule has 0 saturated carbocycles. The van der Waals surface area contributed by atoms with E-state index in [0.29, 0.717) is 49.7 Å². The van der Waals surface area contributed by atoms with Crippen molar-refractivity contribution in [3.63, 3.8) is 0 Å². The minimum atomic E-state index is -0.0879. The molecular weight excluding hydrogens is 320 g/mol. The Balaban J connectivity index is 1.48. The zero-order valence-electron chi connectivity index (χ0n) is 14.3. The van der Waals surface area contributed by atoms with Gasteiger partial charge in [0.2, 0.25) is 0 Å². The number of hydrogen-bond donors (Lipinski definition) is 0. The SMILES string of the molecule is CN1C[C@H]2COC[C@@H]1CN(C(=O)c1ccc(Oc3ccccc3)o1)C2. The van der Waals surface area contributed by atoms with Gasteiger partial charge >= 0.3 is 0 Å². The van der Waals surface area contributed by atoms with Crippen LogP contribution in [-0.2, 0) is 4.74 Å². The van der Waals surface area contributed by atoms with E-state index in [-0.39, 0.29) is 11.9 Å². The lowest BCUT2D eigenvalue weighted by atomic mass is 10.1. The number of furan rings is 1. The molecule has 3 heterocycles. The fourth-order valence-electron chi connectivity index (χ4n) is 3.47. The van der Waals surface area contributed by atoms with Crippen molar-refractivity contribution < 1.29 is 18.7 Å². The van der Waals surface area contributed by atoms with Crippen molar-refractivity contribution in [2.45, 2.75) is 6.04 Å². The summed E-state index contributed by atoms with van der Waals surface area (Å²) in [6, 6.07) is 13.0. The Bertz CT molecular complexity index is 730. The van der Waals surface area contributed by atoms with Crippen LogP contribution in [-0.4, -0.2) is 61.6 Å². The van der Waals surface area contributed by atoms with Crippen molar-refractivity contribution in [3.8, 4) is 11.7 Å². The van der Waals surface area contributed by atoms with E-state index in [4.69, 9.17) is 13.9 Å². The van der Waals surface area contributed by atoms with Crippen LogP contribution < -0.4 is 4.74 Å². The summed E-state index contributed by atoms with van der Waals surface area (Å²) in [7, 11) is 2.10. The van der Waals surface area contributed by atoms with Gasteiger partial charge in [0.15, 0.2) is 5.76 Å². The summed E-state index contributed by atoms with van der Waals surface area (Å²) in [6.07, 6.45) is 0. The summed E-state index contributed by atoms with van der Waals surface area (Å²) in [5.74, 6) is 1.56. The lowest BCUT2D eigenvalue weighted by molar-refractivity contribution is 0.0412. The first-order valence-corrected chi connectivity index (χ1v) is 8.59. The van der Waals surface area contributed by atoms with Gasteiger partial charge in [0.1, 0.15) is 5.75 Å². The second kappa shape index (κ2) is 6.90. The van der Waals surface area contributed by atoms with E-state index in [1.54, 1.807) is 12.1 Å². The average Bonchev–Trinajstić information content (AvgIpc) is 2.91. The molecule has 132 valence electrons. The van der Waals surface area contributed by atoms with Crippen molar-refractivity contribution in [2.24, 2.45) is 5.92 Å². The molecule has 1 amide bonds. The van der Waals surface area contributed by atoms with E-state index in [2.05, 4.69) is 11.9 Å². The van der Waals surface area contributed by atoms with Gasteiger partial charge < -0.3 is 18.8 Å². The fraction of sp³-hybridized carbons (Fsp3) is 0.421. The summed E-state index contributed by atoms with van der Waals surface area (Å²) in [5.41, 5.74) is 0. The fourth-order valence-corrected chi connectivity index (χ4v) is 3.47. The Hall–Kier alpha value is -2.31. The number of para-hydroxylation sites is 1. The van der Waals surface area contributed by atoms with Gasteiger partial charge in [0.25, 0.3) is 11.9 Å². The molecule has 0 N–H and O–H groups in total. The normalized spacial score (nSPS) is 24.0. The van der Waals surface area contributed by atoms with Gasteiger partial charge in [-0.05, 0) is 25.2 Å². The van der Waals surface area contributed by atoms with Gasteiger partial charge in [0, 0.05) is 31.6 Å². The largest absolute Gasteiger partial charge is 0.426 e. The zero-order chi connectivity index (χ0) is 17.2. The molecule has 1 aromatic carbocycles. The van der Waals surface area contributed by atoms with Crippen molar-refractivity contribution in [2.75, 3.05) is 39.9 Å². The number of rotatable bonds is 3. The number of amides is 1. The van der Waals surface area contributed by atoms with Crippen LogP contribution in [0.3, 0.4) is 0 Å². The van der Waals surface area contributed by atoms with Gasteiger partial charge in [-0.3, -0.25) is 9.69 Å². The molecule has 6 heteroatoms. The van der Waals surface area contributed by atoms with E-state index in [1.165, 1.54) is 0 Å². The topological polar surface area (TPSA) is 55.2 Å². The van der Waals surface area contributed by atoms with Crippen molar-refractivity contribution in [1.29, 1.82) is 0 Å². The first kappa shape index (κ1) is 16.2. The first-order valence-electron chi connectivity index (χ1n) is 8.59. The van der Waals surface area contributed by atoms with Gasteiger partial charge in [-0.1, -0.05) is 18.2 Å². The molecule has 2 aromatic rings. The Morgan fingerprint density at radius 2 is 1.92 bits per heavy atom. The van der Waals surface area contributed by atoms with Crippen LogP contribution in [0.25, 0.3) is 0 Å². The smallest absolute Gasteiger partial charge is 0.290 e. The maximum atomic E-state index is 12.9. The molecule has 2 atom stereocenters. The summed E-state index contributed by atoms with van der Waals surface area (Å²) in [6.45, 7) is 3.66. The summed E-state index contributed by atoms with van der Waals surface area (Å²) >= 11 is 0. The van der Waals surface area contributed by atoms with Crippen LogP contribution in [0.2, 0.25) is 0 Å². The number of benzene rings is 1. The van der Waals surface area contributed by atoms with Gasteiger partial charge in [-0.2, -0.15) is 0 Å². The summed E-state index contributed by atoms with van der Waals surface area (Å²) < 4.78 is 17.0. The Kier molecular flexibility index (Phi) is 4.46. The van der Waals surface area contributed by atoms with Crippen molar-refractivity contribution in [3.05, 3.63) is 48.2 Å². The van der Waals surface area contributed by atoms with Crippen LogP contribution in [0.15, 0.2) is 46.9 Å². The van der Waals surface area contributed by atoms with E-state index < -0.39 is 0 Å². The maximum Gasteiger partial charge on any atom is 0.290 e. The summed E-state index contributed by atoms with van der Waals surface area (Å²) in [5, 5.41) is 0. The molecule has 2 aliphatic rings. The molecule has 1 aromatic heterocycles. The molecule has 25 heavy (non-hydrogen) atoms. The zero-order valence-corrected chi connectivity index (χ0v) is 14.3. The predicted octanol–water partition coefficient (Wildman–Crippen LogP) is 2.47. The summed E-state index contributed by atoms with van der Waals surface area (Å²) in [4.78, 5) is 17.0. The first-order chi connectivity index (χ1) is 12.2. The van der Waals surface area contributed by atoms with Gasteiger partial charge in [0.05, 0.1) is 19.3 Å². The average molecular weight is 342 g/mol. The third-order valence-electron chi connectivity index (χ3n) is 4.78. The molecule has 0 spiro atoms. The number of carbonyl (C=O) groups is 1. The molecule has 0 unspecified atom stereocenters.